The second kappa shape index (κ2) is 7.11. The first kappa shape index (κ1) is 18.5. The van der Waals surface area contributed by atoms with Crippen molar-refractivity contribution in [1.82, 2.24) is 15.4 Å². The third-order valence-corrected chi connectivity index (χ3v) is 4.06. The largest absolute Gasteiger partial charge is 0.489 e. The Labute approximate surface area is 153 Å². The fraction of sp³-hybridized carbons (Fsp3) is 0.211. The van der Waals surface area contributed by atoms with Gasteiger partial charge in [0, 0.05) is 5.56 Å². The monoisotopic (exact) mass is 372 g/mol. The summed E-state index contributed by atoms with van der Waals surface area (Å²) in [5.74, 6) is 0.0340. The summed E-state index contributed by atoms with van der Waals surface area (Å²) in [6.07, 6.45) is -4.57. The Hall–Kier alpha value is -3.34. The third kappa shape index (κ3) is 4.08. The zero-order valence-electron chi connectivity index (χ0n) is 14.6. The number of hydrogen-bond acceptors (Lipinski definition) is 4. The Kier molecular flexibility index (Phi) is 4.86. The van der Waals surface area contributed by atoms with E-state index in [1.807, 2.05) is 38.1 Å². The third-order valence-electron chi connectivity index (χ3n) is 4.06. The van der Waals surface area contributed by atoms with E-state index in [1.165, 1.54) is 6.07 Å². The van der Waals surface area contributed by atoms with Gasteiger partial charge in [-0.3, -0.25) is 0 Å². The minimum Gasteiger partial charge on any atom is -0.489 e. The Bertz CT molecular complexity index is 1020. The van der Waals surface area contributed by atoms with Gasteiger partial charge in [-0.05, 0) is 43.2 Å². The van der Waals surface area contributed by atoms with E-state index in [9.17, 15) is 13.2 Å². The number of ether oxygens (including phenoxy) is 1. The average Bonchev–Trinajstić information content (AvgIpc) is 3.09. The van der Waals surface area contributed by atoms with Crippen LogP contribution in [0.25, 0.3) is 11.3 Å². The molecule has 8 heteroatoms. The van der Waals surface area contributed by atoms with Crippen LogP contribution in [0.3, 0.4) is 0 Å². The quantitative estimate of drug-likeness (QED) is 0.729. The summed E-state index contributed by atoms with van der Waals surface area (Å²) in [6, 6.07) is 10.9. The molecule has 0 bridgehead atoms. The van der Waals surface area contributed by atoms with Crippen molar-refractivity contribution < 1.29 is 17.9 Å². The molecule has 0 saturated heterocycles. The molecule has 0 aliphatic rings. The Morgan fingerprint density at radius 2 is 1.93 bits per heavy atom. The van der Waals surface area contributed by atoms with Crippen LogP contribution in [0.5, 0.6) is 5.75 Å². The minimum atomic E-state index is -4.57. The van der Waals surface area contributed by atoms with Gasteiger partial charge >= 0.3 is 6.18 Å². The fourth-order valence-corrected chi connectivity index (χ4v) is 2.66. The molecule has 3 rings (SSSR count). The van der Waals surface area contributed by atoms with Crippen molar-refractivity contribution in [2.24, 2.45) is 0 Å². The fourth-order valence-electron chi connectivity index (χ4n) is 2.66. The maximum absolute atomic E-state index is 13.3. The van der Waals surface area contributed by atoms with Gasteiger partial charge < -0.3 is 4.74 Å². The standard InChI is InChI=1S/C19H15F3N4O/c1-11-3-4-13(12(2)5-11)10-27-16-7-14(6-15(8-16)19(20,21)22)18-17(9-23)24-26-25-18/h3-8H,10H2,1-2H3,(H,24,25,26). The van der Waals surface area contributed by atoms with Crippen molar-refractivity contribution in [1.29, 1.82) is 5.26 Å². The molecule has 138 valence electrons. The molecule has 0 amide bonds. The average molecular weight is 372 g/mol. The van der Waals surface area contributed by atoms with Gasteiger partial charge in [0.1, 0.15) is 24.1 Å². The predicted molar refractivity (Wildman–Crippen MR) is 91.8 cm³/mol. The predicted octanol–water partition coefficient (Wildman–Crippen LogP) is 4.56. The van der Waals surface area contributed by atoms with Gasteiger partial charge in [0.25, 0.3) is 0 Å². The number of aromatic nitrogens is 3. The molecule has 0 saturated carbocycles. The van der Waals surface area contributed by atoms with Crippen LogP contribution in [0.15, 0.2) is 36.4 Å². The number of nitrogens with one attached hydrogen (secondary N) is 1. The Balaban J connectivity index is 1.97. The van der Waals surface area contributed by atoms with E-state index in [4.69, 9.17) is 10.00 Å². The second-order valence-electron chi connectivity index (χ2n) is 6.11. The van der Waals surface area contributed by atoms with Crippen molar-refractivity contribution in [2.75, 3.05) is 0 Å². The first-order chi connectivity index (χ1) is 12.8. The summed E-state index contributed by atoms with van der Waals surface area (Å²) in [5.41, 5.74) is 2.19. The number of aryl methyl sites for hydroxylation is 2. The highest BCUT2D eigenvalue weighted by molar-refractivity contribution is 5.67. The van der Waals surface area contributed by atoms with Crippen LogP contribution in [0.4, 0.5) is 13.2 Å². The summed E-state index contributed by atoms with van der Waals surface area (Å²) in [4.78, 5) is 0. The number of benzene rings is 2. The molecule has 1 N–H and O–H groups in total. The second-order valence-corrected chi connectivity index (χ2v) is 6.11. The van der Waals surface area contributed by atoms with Gasteiger partial charge in [-0.1, -0.05) is 29.0 Å². The number of halogens is 3. The molecule has 0 radical (unpaired) electrons. The number of aromatic amines is 1. The summed E-state index contributed by atoms with van der Waals surface area (Å²) >= 11 is 0. The number of H-pyrrole nitrogens is 1. The van der Waals surface area contributed by atoms with Gasteiger partial charge in [-0.25, -0.2) is 5.10 Å². The molecule has 2 aromatic carbocycles. The topological polar surface area (TPSA) is 74.6 Å². The molecule has 3 aromatic rings. The highest BCUT2D eigenvalue weighted by Gasteiger charge is 2.32. The zero-order valence-corrected chi connectivity index (χ0v) is 14.6. The lowest BCUT2D eigenvalue weighted by Crippen LogP contribution is -2.06. The molecule has 1 aromatic heterocycles. The van der Waals surface area contributed by atoms with E-state index < -0.39 is 11.7 Å². The van der Waals surface area contributed by atoms with Crippen LogP contribution >= 0.6 is 0 Å². The van der Waals surface area contributed by atoms with Crippen LogP contribution in [0.1, 0.15) is 27.9 Å². The highest BCUT2D eigenvalue weighted by atomic mass is 19.4. The van der Waals surface area contributed by atoms with Gasteiger partial charge in [0.15, 0.2) is 5.69 Å². The van der Waals surface area contributed by atoms with Gasteiger partial charge in [-0.2, -0.15) is 18.4 Å². The van der Waals surface area contributed by atoms with E-state index in [0.717, 1.165) is 28.8 Å². The maximum atomic E-state index is 13.3. The lowest BCUT2D eigenvalue weighted by atomic mass is 10.1. The minimum absolute atomic E-state index is 0.0188. The van der Waals surface area contributed by atoms with Crippen molar-refractivity contribution in [3.8, 4) is 23.1 Å². The Morgan fingerprint density at radius 3 is 2.59 bits per heavy atom. The lowest BCUT2D eigenvalue weighted by Gasteiger charge is -2.14. The summed E-state index contributed by atoms with van der Waals surface area (Å²) < 4.78 is 45.5. The normalized spacial score (nSPS) is 11.3. The summed E-state index contributed by atoms with van der Waals surface area (Å²) in [7, 11) is 0. The maximum Gasteiger partial charge on any atom is 0.416 e. The Morgan fingerprint density at radius 1 is 1.15 bits per heavy atom. The zero-order chi connectivity index (χ0) is 19.6. The van der Waals surface area contributed by atoms with Crippen LogP contribution in [0.2, 0.25) is 0 Å². The number of nitrogens with zero attached hydrogens (tertiary/aromatic N) is 3. The number of nitriles is 1. The molecule has 0 aliphatic heterocycles. The van der Waals surface area contributed by atoms with Crippen molar-refractivity contribution >= 4 is 0 Å². The highest BCUT2D eigenvalue weighted by Crippen LogP contribution is 2.36. The molecule has 27 heavy (non-hydrogen) atoms. The van der Waals surface area contributed by atoms with Gasteiger partial charge in [0.05, 0.1) is 5.56 Å². The number of rotatable bonds is 4. The number of alkyl halides is 3. The van der Waals surface area contributed by atoms with Crippen molar-refractivity contribution in [3.63, 3.8) is 0 Å². The first-order valence-corrected chi connectivity index (χ1v) is 8.00. The van der Waals surface area contributed by atoms with Crippen LogP contribution in [-0.4, -0.2) is 15.4 Å². The molecule has 0 unspecified atom stereocenters. The number of hydrogen-bond donors (Lipinski definition) is 1. The molecule has 1 heterocycles. The first-order valence-electron chi connectivity index (χ1n) is 8.00. The van der Waals surface area contributed by atoms with Crippen molar-refractivity contribution in [2.45, 2.75) is 26.6 Å². The molecule has 0 aliphatic carbocycles. The van der Waals surface area contributed by atoms with E-state index in [-0.39, 0.29) is 29.3 Å². The smallest absolute Gasteiger partial charge is 0.416 e. The van der Waals surface area contributed by atoms with E-state index in [1.54, 1.807) is 0 Å². The van der Waals surface area contributed by atoms with E-state index >= 15 is 0 Å². The molecular formula is C19H15F3N4O. The summed E-state index contributed by atoms with van der Waals surface area (Å²) in [5, 5.41) is 18.6. The lowest BCUT2D eigenvalue weighted by molar-refractivity contribution is -0.137. The SMILES string of the molecule is Cc1ccc(COc2cc(-c3nn[nH]c3C#N)cc(C(F)(F)F)c2)c(C)c1. The van der Waals surface area contributed by atoms with Crippen LogP contribution < -0.4 is 4.74 Å². The molecule has 0 fully saturated rings. The van der Waals surface area contributed by atoms with E-state index in [0.29, 0.717) is 0 Å². The molecule has 0 atom stereocenters. The van der Waals surface area contributed by atoms with Gasteiger partial charge in [-0.15, -0.1) is 5.10 Å². The molecule has 0 spiro atoms. The van der Waals surface area contributed by atoms with Crippen LogP contribution in [-0.2, 0) is 12.8 Å². The van der Waals surface area contributed by atoms with E-state index in [2.05, 4.69) is 15.4 Å². The van der Waals surface area contributed by atoms with Gasteiger partial charge in [0.2, 0.25) is 0 Å². The van der Waals surface area contributed by atoms with Crippen LogP contribution in [0, 0.1) is 25.2 Å². The van der Waals surface area contributed by atoms with Crippen molar-refractivity contribution in [3.05, 3.63) is 64.3 Å². The summed E-state index contributed by atoms with van der Waals surface area (Å²) in [6.45, 7) is 4.00. The molecule has 5 nitrogen and oxygen atoms in total. The molecular weight excluding hydrogens is 357 g/mol.